The van der Waals surface area contributed by atoms with E-state index >= 15 is 0 Å². The van der Waals surface area contributed by atoms with E-state index in [1.807, 2.05) is 0 Å². The molecular formula is C27H22Cl2V. The molecule has 0 amide bonds. The van der Waals surface area contributed by atoms with Gasteiger partial charge in [-0.1, -0.05) is 84.9 Å². The Morgan fingerprint density at radius 1 is 0.467 bits per heavy atom. The van der Waals surface area contributed by atoms with E-state index in [9.17, 15) is 0 Å². The third kappa shape index (κ3) is 3.53. The number of hydrogen-bond acceptors (Lipinski definition) is 0. The molecule has 0 saturated carbocycles. The largest absolute Gasteiger partial charge is 0.147 e. The molecule has 149 valence electrons. The van der Waals surface area contributed by atoms with Crippen LogP contribution in [0.4, 0.5) is 0 Å². The van der Waals surface area contributed by atoms with Gasteiger partial charge in [0, 0.05) is 18.6 Å². The molecule has 0 atom stereocenters. The molecule has 4 aromatic rings. The summed E-state index contributed by atoms with van der Waals surface area (Å²) in [6, 6.07) is 31.4. The van der Waals surface area contributed by atoms with Gasteiger partial charge in [-0.15, -0.1) is 24.8 Å². The number of rotatable bonds is 2. The Bertz CT molecular complexity index is 1120. The SMILES string of the molecule is Cl.Cl.[V].c1ccc2c(c1)Cc1c(Cc3cccc4c3Cc3ccccc3-4)cccc1-2. The predicted octanol–water partition coefficient (Wildman–Crippen LogP) is 7.26. The van der Waals surface area contributed by atoms with E-state index in [0.717, 1.165) is 19.3 Å². The van der Waals surface area contributed by atoms with E-state index in [4.69, 9.17) is 0 Å². The maximum atomic E-state index is 2.33. The molecule has 1 radical (unpaired) electrons. The van der Waals surface area contributed by atoms with Crippen molar-refractivity contribution in [3.05, 3.63) is 118 Å². The molecule has 6 rings (SSSR count). The second-order valence-electron chi connectivity index (χ2n) is 7.73. The van der Waals surface area contributed by atoms with Gasteiger partial charge in [-0.2, -0.15) is 0 Å². The van der Waals surface area contributed by atoms with Crippen LogP contribution in [-0.2, 0) is 37.8 Å². The maximum Gasteiger partial charge on any atom is 0 e. The molecule has 2 aliphatic carbocycles. The molecular weight excluding hydrogens is 446 g/mol. The molecule has 4 aromatic carbocycles. The Balaban J connectivity index is 0.000000853. The minimum absolute atomic E-state index is 0. The first kappa shape index (κ1) is 22.7. The Morgan fingerprint density at radius 2 is 0.867 bits per heavy atom. The van der Waals surface area contributed by atoms with Crippen molar-refractivity contribution < 1.29 is 18.6 Å². The normalized spacial score (nSPS) is 11.7. The number of fused-ring (bicyclic) bond motifs is 6. The zero-order valence-electron chi connectivity index (χ0n) is 16.5. The first-order chi connectivity index (χ1) is 13.4. The van der Waals surface area contributed by atoms with Gasteiger partial charge in [-0.05, 0) is 74.9 Å². The van der Waals surface area contributed by atoms with Gasteiger partial charge in [0.15, 0.2) is 0 Å². The van der Waals surface area contributed by atoms with E-state index in [1.54, 1.807) is 0 Å². The molecule has 0 nitrogen and oxygen atoms in total. The summed E-state index contributed by atoms with van der Waals surface area (Å²) in [6.45, 7) is 0. The number of halogens is 2. The summed E-state index contributed by atoms with van der Waals surface area (Å²) in [5.74, 6) is 0. The van der Waals surface area contributed by atoms with Crippen molar-refractivity contribution in [1.29, 1.82) is 0 Å². The molecule has 0 N–H and O–H groups in total. The summed E-state index contributed by atoms with van der Waals surface area (Å²) < 4.78 is 0. The van der Waals surface area contributed by atoms with Crippen molar-refractivity contribution in [2.75, 3.05) is 0 Å². The van der Waals surface area contributed by atoms with Crippen LogP contribution >= 0.6 is 24.8 Å². The molecule has 0 bridgehead atoms. The molecule has 0 fully saturated rings. The standard InChI is InChI=1S/C27H20.2ClH.V/c1-3-11-22-20(7-1)16-26-18(9-5-13-24(22)26)15-19-10-6-14-25-23-12-4-2-8-21(23)17-27(19)25;;;/h1-14H,15-17H2;2*1H;. The first-order valence-electron chi connectivity index (χ1n) is 9.76. The number of hydrogen-bond donors (Lipinski definition) is 0. The molecule has 0 aromatic heterocycles. The molecule has 0 saturated heterocycles. The van der Waals surface area contributed by atoms with Crippen molar-refractivity contribution >= 4 is 24.8 Å². The van der Waals surface area contributed by atoms with Crippen molar-refractivity contribution in [1.82, 2.24) is 0 Å². The van der Waals surface area contributed by atoms with Crippen LogP contribution in [0.25, 0.3) is 22.3 Å². The maximum absolute atomic E-state index is 2.33. The van der Waals surface area contributed by atoms with Gasteiger partial charge < -0.3 is 0 Å². The van der Waals surface area contributed by atoms with E-state index in [1.165, 1.54) is 55.6 Å². The van der Waals surface area contributed by atoms with E-state index in [0.29, 0.717) is 0 Å². The van der Waals surface area contributed by atoms with Gasteiger partial charge in [0.1, 0.15) is 0 Å². The van der Waals surface area contributed by atoms with E-state index in [-0.39, 0.29) is 43.4 Å². The van der Waals surface area contributed by atoms with Crippen molar-refractivity contribution in [2.24, 2.45) is 0 Å². The smallest absolute Gasteiger partial charge is 0 e. The Morgan fingerprint density at radius 3 is 1.33 bits per heavy atom. The average Bonchev–Trinajstić information content (AvgIpc) is 3.28. The third-order valence-electron chi connectivity index (χ3n) is 6.28. The Labute approximate surface area is 202 Å². The van der Waals surface area contributed by atoms with Crippen LogP contribution in [0.5, 0.6) is 0 Å². The van der Waals surface area contributed by atoms with Crippen LogP contribution in [0.2, 0.25) is 0 Å². The zero-order valence-corrected chi connectivity index (χ0v) is 19.5. The molecule has 3 heteroatoms. The van der Waals surface area contributed by atoms with Crippen molar-refractivity contribution in [3.63, 3.8) is 0 Å². The van der Waals surface area contributed by atoms with Crippen LogP contribution in [0, 0.1) is 0 Å². The molecule has 0 heterocycles. The molecule has 0 unspecified atom stereocenters. The Kier molecular flexibility index (Phi) is 6.85. The summed E-state index contributed by atoms with van der Waals surface area (Å²) in [5.41, 5.74) is 14.6. The third-order valence-corrected chi connectivity index (χ3v) is 6.28. The van der Waals surface area contributed by atoms with Gasteiger partial charge in [0.2, 0.25) is 0 Å². The van der Waals surface area contributed by atoms with Crippen LogP contribution in [0.15, 0.2) is 84.9 Å². The second kappa shape index (κ2) is 9.04. The van der Waals surface area contributed by atoms with Crippen LogP contribution in [0.3, 0.4) is 0 Å². The van der Waals surface area contributed by atoms with Crippen LogP contribution in [-0.4, -0.2) is 0 Å². The summed E-state index contributed by atoms with van der Waals surface area (Å²) in [6.07, 6.45) is 3.15. The Hall–Kier alpha value is -1.96. The first-order valence-corrected chi connectivity index (χ1v) is 9.76. The summed E-state index contributed by atoms with van der Waals surface area (Å²) >= 11 is 0. The van der Waals surface area contributed by atoms with Crippen LogP contribution in [0.1, 0.15) is 33.4 Å². The summed E-state index contributed by atoms with van der Waals surface area (Å²) in [7, 11) is 0. The van der Waals surface area contributed by atoms with Gasteiger partial charge in [-0.3, -0.25) is 0 Å². The van der Waals surface area contributed by atoms with Crippen molar-refractivity contribution in [3.8, 4) is 22.3 Å². The fourth-order valence-corrected chi connectivity index (χ4v) is 4.98. The number of benzene rings is 4. The molecule has 0 spiro atoms. The minimum Gasteiger partial charge on any atom is -0.147 e. The van der Waals surface area contributed by atoms with E-state index < -0.39 is 0 Å². The average molecular weight is 468 g/mol. The molecule has 30 heavy (non-hydrogen) atoms. The fourth-order valence-electron chi connectivity index (χ4n) is 4.98. The van der Waals surface area contributed by atoms with Crippen LogP contribution < -0.4 is 0 Å². The molecule has 0 aliphatic heterocycles. The van der Waals surface area contributed by atoms with Gasteiger partial charge in [0.05, 0.1) is 0 Å². The van der Waals surface area contributed by atoms with Crippen molar-refractivity contribution in [2.45, 2.75) is 19.3 Å². The van der Waals surface area contributed by atoms with Gasteiger partial charge in [0.25, 0.3) is 0 Å². The molecule has 2 aliphatic rings. The monoisotopic (exact) mass is 467 g/mol. The predicted molar refractivity (Wildman–Crippen MR) is 127 cm³/mol. The summed E-state index contributed by atoms with van der Waals surface area (Å²) in [4.78, 5) is 0. The van der Waals surface area contributed by atoms with Gasteiger partial charge >= 0.3 is 0 Å². The topological polar surface area (TPSA) is 0 Å². The second-order valence-corrected chi connectivity index (χ2v) is 7.73. The van der Waals surface area contributed by atoms with Gasteiger partial charge in [-0.25, -0.2) is 0 Å². The minimum atomic E-state index is 0. The quantitative estimate of drug-likeness (QED) is 0.251. The zero-order chi connectivity index (χ0) is 17.8. The van der Waals surface area contributed by atoms with E-state index in [2.05, 4.69) is 84.9 Å². The summed E-state index contributed by atoms with van der Waals surface area (Å²) in [5, 5.41) is 0. The fraction of sp³-hybridized carbons (Fsp3) is 0.111.